The topological polar surface area (TPSA) is 17.1 Å². The molecule has 0 bridgehead atoms. The van der Waals surface area contributed by atoms with Gasteiger partial charge in [-0.05, 0) is 23.6 Å². The molecule has 1 nitrogen and oxygen atoms in total. The summed E-state index contributed by atoms with van der Waals surface area (Å²) in [6, 6.07) is 5.02. The first-order chi connectivity index (χ1) is 7.61. The third-order valence-corrected chi connectivity index (χ3v) is 3.36. The molecule has 82 valence electrons. The second-order valence-electron chi connectivity index (χ2n) is 3.03. The number of hydrogen-bond donors (Lipinski definition) is 0. The highest BCUT2D eigenvalue weighted by Crippen LogP contribution is 2.26. The molecule has 0 saturated heterocycles. The first-order valence-electron chi connectivity index (χ1n) is 4.33. The van der Waals surface area contributed by atoms with Crippen LogP contribution < -0.4 is 0 Å². The Morgan fingerprint density at radius 2 is 2.00 bits per heavy atom. The molecule has 0 amide bonds. The summed E-state index contributed by atoms with van der Waals surface area (Å²) in [5.74, 6) is -2.78. The molecule has 0 atom stereocenters. The van der Waals surface area contributed by atoms with Crippen molar-refractivity contribution in [2.24, 2.45) is 0 Å². The van der Waals surface area contributed by atoms with Crippen molar-refractivity contribution in [2.75, 3.05) is 0 Å². The third kappa shape index (κ3) is 1.86. The van der Waals surface area contributed by atoms with Gasteiger partial charge in [0.25, 0.3) is 0 Å². The lowest BCUT2D eigenvalue weighted by atomic mass is 10.1. The average molecular weight is 259 g/mol. The Hall–Kier alpha value is -1.26. The second-order valence-corrected chi connectivity index (χ2v) is 4.35. The third-order valence-electron chi connectivity index (χ3n) is 2.02. The van der Waals surface area contributed by atoms with Gasteiger partial charge in [-0.2, -0.15) is 0 Å². The van der Waals surface area contributed by atoms with E-state index in [-0.39, 0.29) is 15.5 Å². The summed E-state index contributed by atoms with van der Waals surface area (Å²) >= 11 is 6.85. The Morgan fingerprint density at radius 1 is 1.25 bits per heavy atom. The van der Waals surface area contributed by atoms with Gasteiger partial charge in [-0.3, -0.25) is 4.79 Å². The molecular weight excluding hydrogens is 254 g/mol. The lowest BCUT2D eigenvalue weighted by molar-refractivity contribution is 0.103. The molecule has 0 spiro atoms. The van der Waals surface area contributed by atoms with E-state index in [2.05, 4.69) is 0 Å². The average Bonchev–Trinajstić information content (AvgIpc) is 2.68. The Kier molecular flexibility index (Phi) is 3.03. The van der Waals surface area contributed by atoms with Gasteiger partial charge in [0.1, 0.15) is 0 Å². The van der Waals surface area contributed by atoms with Crippen LogP contribution in [0.5, 0.6) is 0 Å². The fraction of sp³-hybridized carbons (Fsp3) is 0. The van der Waals surface area contributed by atoms with Gasteiger partial charge in [0.15, 0.2) is 11.6 Å². The Bertz CT molecular complexity index is 551. The molecule has 1 aromatic carbocycles. The number of hydrogen-bond acceptors (Lipinski definition) is 2. The quantitative estimate of drug-likeness (QED) is 0.747. The normalized spacial score (nSPS) is 10.4. The summed E-state index contributed by atoms with van der Waals surface area (Å²) in [6.07, 6.45) is 0. The van der Waals surface area contributed by atoms with E-state index in [9.17, 15) is 13.6 Å². The summed E-state index contributed by atoms with van der Waals surface area (Å²) in [5.41, 5.74) is -0.302. The van der Waals surface area contributed by atoms with Crippen LogP contribution >= 0.6 is 22.9 Å². The maximum absolute atomic E-state index is 13.3. The SMILES string of the molecule is O=C(c1cccc(F)c1F)c1sccc1Cl. The van der Waals surface area contributed by atoms with Crippen LogP contribution in [0.2, 0.25) is 5.02 Å². The van der Waals surface area contributed by atoms with Crippen LogP contribution in [0, 0.1) is 11.6 Å². The Morgan fingerprint density at radius 3 is 2.62 bits per heavy atom. The molecule has 0 aliphatic heterocycles. The Balaban J connectivity index is 2.50. The molecule has 1 aromatic heterocycles. The van der Waals surface area contributed by atoms with Gasteiger partial charge in [0, 0.05) is 0 Å². The molecule has 1 heterocycles. The number of benzene rings is 1. The predicted octanol–water partition coefficient (Wildman–Crippen LogP) is 3.91. The Labute approximate surface area is 99.3 Å². The zero-order chi connectivity index (χ0) is 11.7. The van der Waals surface area contributed by atoms with Crippen LogP contribution in [0.3, 0.4) is 0 Å². The largest absolute Gasteiger partial charge is 0.288 e. The second kappa shape index (κ2) is 4.31. The van der Waals surface area contributed by atoms with Crippen molar-refractivity contribution in [1.82, 2.24) is 0 Å². The van der Waals surface area contributed by atoms with Crippen LogP contribution in [0.1, 0.15) is 15.2 Å². The summed E-state index contributed by atoms with van der Waals surface area (Å²) < 4.78 is 26.3. The van der Waals surface area contributed by atoms with Gasteiger partial charge in [-0.25, -0.2) is 8.78 Å². The molecular formula is C11H5ClF2OS. The maximum Gasteiger partial charge on any atom is 0.207 e. The van der Waals surface area contributed by atoms with Crippen molar-refractivity contribution in [2.45, 2.75) is 0 Å². The van der Waals surface area contributed by atoms with Crippen molar-refractivity contribution in [3.63, 3.8) is 0 Å². The summed E-state index contributed by atoms with van der Waals surface area (Å²) in [5, 5.41) is 1.87. The zero-order valence-corrected chi connectivity index (χ0v) is 9.41. The van der Waals surface area contributed by atoms with Crippen LogP contribution in [0.15, 0.2) is 29.6 Å². The van der Waals surface area contributed by atoms with E-state index >= 15 is 0 Å². The molecule has 2 rings (SSSR count). The van der Waals surface area contributed by atoms with E-state index in [1.54, 1.807) is 5.38 Å². The van der Waals surface area contributed by atoms with Crippen LogP contribution in [0.4, 0.5) is 8.78 Å². The minimum atomic E-state index is -1.14. The summed E-state index contributed by atoms with van der Waals surface area (Å²) in [6.45, 7) is 0. The molecule has 2 aromatic rings. The number of carbonyl (C=O) groups excluding carboxylic acids is 1. The van der Waals surface area contributed by atoms with E-state index in [1.807, 2.05) is 0 Å². The van der Waals surface area contributed by atoms with Gasteiger partial charge in [-0.15, -0.1) is 11.3 Å². The van der Waals surface area contributed by atoms with Gasteiger partial charge < -0.3 is 0 Å². The van der Waals surface area contributed by atoms with Gasteiger partial charge >= 0.3 is 0 Å². The monoisotopic (exact) mass is 258 g/mol. The summed E-state index contributed by atoms with van der Waals surface area (Å²) in [4.78, 5) is 12.0. The highest BCUT2D eigenvalue weighted by atomic mass is 35.5. The highest BCUT2D eigenvalue weighted by molar-refractivity contribution is 7.13. The first-order valence-corrected chi connectivity index (χ1v) is 5.58. The number of thiophene rings is 1. The van der Waals surface area contributed by atoms with Crippen LogP contribution in [-0.2, 0) is 0 Å². The predicted molar refractivity (Wildman–Crippen MR) is 59.1 cm³/mol. The molecule has 0 unspecified atom stereocenters. The number of carbonyl (C=O) groups is 1. The number of halogens is 3. The van der Waals surface area contributed by atoms with E-state index in [0.717, 1.165) is 17.4 Å². The van der Waals surface area contributed by atoms with Crippen molar-refractivity contribution in [3.05, 3.63) is 56.7 Å². The molecule has 0 N–H and O–H groups in total. The van der Waals surface area contributed by atoms with Crippen LogP contribution in [-0.4, -0.2) is 5.78 Å². The summed E-state index contributed by atoms with van der Waals surface area (Å²) in [7, 11) is 0. The molecule has 16 heavy (non-hydrogen) atoms. The van der Waals surface area contributed by atoms with Crippen molar-refractivity contribution in [1.29, 1.82) is 0 Å². The fourth-order valence-corrected chi connectivity index (χ4v) is 2.35. The fourth-order valence-electron chi connectivity index (χ4n) is 1.26. The maximum atomic E-state index is 13.3. The molecule has 0 aliphatic carbocycles. The highest BCUT2D eigenvalue weighted by Gasteiger charge is 2.19. The van der Waals surface area contributed by atoms with E-state index in [0.29, 0.717) is 0 Å². The lowest BCUT2D eigenvalue weighted by Crippen LogP contribution is -2.04. The molecule has 0 saturated carbocycles. The van der Waals surface area contributed by atoms with E-state index < -0.39 is 17.4 Å². The lowest BCUT2D eigenvalue weighted by Gasteiger charge is -2.01. The minimum absolute atomic E-state index is 0.214. The standard InChI is InChI=1S/C11H5ClF2OS/c12-7-4-5-16-11(7)10(15)6-2-1-3-8(13)9(6)14/h1-5H. The van der Waals surface area contributed by atoms with E-state index in [4.69, 9.17) is 11.6 Å². The van der Waals surface area contributed by atoms with Crippen molar-refractivity contribution >= 4 is 28.7 Å². The minimum Gasteiger partial charge on any atom is -0.288 e. The zero-order valence-electron chi connectivity index (χ0n) is 7.84. The van der Waals surface area contributed by atoms with Crippen molar-refractivity contribution in [3.8, 4) is 0 Å². The van der Waals surface area contributed by atoms with E-state index in [1.165, 1.54) is 18.2 Å². The number of ketones is 1. The van der Waals surface area contributed by atoms with Crippen molar-refractivity contribution < 1.29 is 13.6 Å². The van der Waals surface area contributed by atoms with Gasteiger partial charge in [-0.1, -0.05) is 17.7 Å². The number of rotatable bonds is 2. The molecule has 0 fully saturated rings. The molecule has 0 radical (unpaired) electrons. The molecule has 0 aliphatic rings. The van der Waals surface area contributed by atoms with Gasteiger partial charge in [0.05, 0.1) is 15.5 Å². The smallest absolute Gasteiger partial charge is 0.207 e. The van der Waals surface area contributed by atoms with Crippen LogP contribution in [0.25, 0.3) is 0 Å². The first kappa shape index (κ1) is 11.2. The van der Waals surface area contributed by atoms with Gasteiger partial charge in [0.2, 0.25) is 5.78 Å². The molecule has 5 heteroatoms.